The van der Waals surface area contributed by atoms with Crippen LogP contribution in [0.1, 0.15) is 21.6 Å². The molecule has 4 heterocycles. The average molecular weight is 521 g/mol. The van der Waals surface area contributed by atoms with Crippen LogP contribution in [0.3, 0.4) is 0 Å². The van der Waals surface area contributed by atoms with Gasteiger partial charge in [-0.3, -0.25) is 14.6 Å². The first kappa shape index (κ1) is 27.6. The molecule has 1 saturated heterocycles. The smallest absolute Gasteiger partial charge is 0.395 e. The zero-order valence-corrected chi connectivity index (χ0v) is 20.0. The van der Waals surface area contributed by atoms with Crippen LogP contribution in [0.5, 0.6) is 0 Å². The van der Waals surface area contributed by atoms with Crippen LogP contribution >= 0.6 is 0 Å². The maximum absolute atomic E-state index is 12.1. The molecule has 4 rings (SSSR count). The highest BCUT2D eigenvalue weighted by molar-refractivity contribution is 5.92. The lowest BCUT2D eigenvalue weighted by molar-refractivity contribution is -0.138. The molecule has 198 valence electrons. The van der Waals surface area contributed by atoms with E-state index < -0.39 is 28.8 Å². The standard InChI is InChI=1S/C17H22N4O2.C7H5F3N2O2/c1-13-15(3-2-4-18-13)14-11-16(19-5-8-22)20-17(12-14)21-6-9-23-10-7-21;8-7(9,10)4-1-3(5(11)13)2-12-6(4)14/h2-4,11-12,22H,5-10H2,1H3,(H,19,20);1-2H,(H2,11,13)(H,12,14). The van der Waals surface area contributed by atoms with Crippen LogP contribution in [0.25, 0.3) is 11.1 Å². The van der Waals surface area contributed by atoms with Gasteiger partial charge in [0.25, 0.3) is 5.56 Å². The third-order valence-electron chi connectivity index (χ3n) is 5.38. The second-order valence-corrected chi connectivity index (χ2v) is 7.98. The fourth-order valence-corrected chi connectivity index (χ4v) is 3.53. The number of aryl methyl sites for hydroxylation is 1. The predicted octanol–water partition coefficient (Wildman–Crippen LogP) is 2.19. The van der Waals surface area contributed by atoms with E-state index in [4.69, 9.17) is 15.6 Å². The van der Waals surface area contributed by atoms with E-state index in [1.54, 1.807) is 11.2 Å². The van der Waals surface area contributed by atoms with Crippen molar-refractivity contribution in [3.63, 3.8) is 0 Å². The van der Waals surface area contributed by atoms with Gasteiger partial charge in [0.05, 0.1) is 25.4 Å². The number of nitrogens with two attached hydrogens (primary N) is 1. The lowest BCUT2D eigenvalue weighted by Crippen LogP contribution is -2.36. The summed E-state index contributed by atoms with van der Waals surface area (Å²) in [6.45, 7) is 5.67. The van der Waals surface area contributed by atoms with Gasteiger partial charge >= 0.3 is 6.18 Å². The number of carbonyl (C=O) groups excluding carboxylic acids is 1. The van der Waals surface area contributed by atoms with Gasteiger partial charge in [-0.05, 0) is 36.8 Å². The first-order valence-electron chi connectivity index (χ1n) is 11.3. The van der Waals surface area contributed by atoms with Gasteiger partial charge in [0.15, 0.2) is 0 Å². The summed E-state index contributed by atoms with van der Waals surface area (Å²) in [5.41, 5.74) is 4.77. The van der Waals surface area contributed by atoms with Gasteiger partial charge in [-0.25, -0.2) is 4.98 Å². The van der Waals surface area contributed by atoms with Crippen molar-refractivity contribution in [1.29, 1.82) is 0 Å². The van der Waals surface area contributed by atoms with Gasteiger partial charge in [0.1, 0.15) is 17.2 Å². The summed E-state index contributed by atoms with van der Waals surface area (Å²) in [7, 11) is 0. The highest BCUT2D eigenvalue weighted by Gasteiger charge is 2.34. The molecule has 1 aliphatic rings. The van der Waals surface area contributed by atoms with Crippen molar-refractivity contribution >= 4 is 17.5 Å². The summed E-state index contributed by atoms with van der Waals surface area (Å²) >= 11 is 0. The molecule has 0 atom stereocenters. The van der Waals surface area contributed by atoms with Gasteiger partial charge in [-0.15, -0.1) is 0 Å². The third kappa shape index (κ3) is 7.51. The Balaban J connectivity index is 0.000000233. The molecule has 1 aliphatic heterocycles. The molecule has 1 fully saturated rings. The Kier molecular flexibility index (Phi) is 9.20. The summed E-state index contributed by atoms with van der Waals surface area (Å²) < 4.78 is 41.8. The number of nitrogens with one attached hydrogen (secondary N) is 2. The normalized spacial score (nSPS) is 13.5. The van der Waals surface area contributed by atoms with Crippen LogP contribution in [0.15, 0.2) is 47.5 Å². The van der Waals surface area contributed by atoms with Crippen LogP contribution in [0.4, 0.5) is 24.8 Å². The van der Waals surface area contributed by atoms with Crippen LogP contribution in [0, 0.1) is 6.92 Å². The number of aliphatic hydroxyl groups excluding tert-OH is 1. The van der Waals surface area contributed by atoms with E-state index in [1.165, 1.54) is 0 Å². The van der Waals surface area contributed by atoms with E-state index in [0.29, 0.717) is 12.6 Å². The maximum atomic E-state index is 12.1. The Morgan fingerprint density at radius 1 is 1.27 bits per heavy atom. The number of carbonyl (C=O) groups is 1. The molecule has 0 unspecified atom stereocenters. The van der Waals surface area contributed by atoms with E-state index in [-0.39, 0.29) is 6.61 Å². The van der Waals surface area contributed by atoms with Gasteiger partial charge in [0.2, 0.25) is 5.91 Å². The Hall–Kier alpha value is -3.97. The Morgan fingerprint density at radius 2 is 2.00 bits per heavy atom. The van der Waals surface area contributed by atoms with Crippen LogP contribution < -0.4 is 21.5 Å². The molecular formula is C24H27F3N6O4. The monoisotopic (exact) mass is 520 g/mol. The van der Waals surface area contributed by atoms with Crippen molar-refractivity contribution in [3.8, 4) is 11.1 Å². The van der Waals surface area contributed by atoms with Gasteiger partial charge in [-0.1, -0.05) is 6.07 Å². The van der Waals surface area contributed by atoms with Crippen LogP contribution in [-0.4, -0.2) is 65.4 Å². The Morgan fingerprint density at radius 3 is 2.62 bits per heavy atom. The second kappa shape index (κ2) is 12.3. The number of alkyl halides is 3. The molecule has 37 heavy (non-hydrogen) atoms. The lowest BCUT2D eigenvalue weighted by Gasteiger charge is -2.28. The number of anilines is 2. The fraction of sp³-hybridized carbons (Fsp3) is 0.333. The minimum absolute atomic E-state index is 0.0741. The van der Waals surface area contributed by atoms with Gasteiger partial charge in [-0.2, -0.15) is 13.2 Å². The van der Waals surface area contributed by atoms with Crippen molar-refractivity contribution in [2.45, 2.75) is 13.1 Å². The number of ether oxygens (including phenoxy) is 1. The SMILES string of the molecule is Cc1ncccc1-c1cc(NCCO)nc(N2CCOCC2)c1.NC(=O)c1c[nH]c(=O)c(C(F)(F)F)c1. The molecule has 13 heteroatoms. The molecule has 5 N–H and O–H groups in total. The van der Waals surface area contributed by atoms with Crippen molar-refractivity contribution in [2.75, 3.05) is 49.7 Å². The number of pyridine rings is 3. The molecular weight excluding hydrogens is 493 g/mol. The number of rotatable bonds is 6. The van der Waals surface area contributed by atoms with Crippen LogP contribution in [-0.2, 0) is 10.9 Å². The molecule has 0 saturated carbocycles. The molecule has 3 aromatic heterocycles. The number of nitrogens with zero attached hydrogens (tertiary/aromatic N) is 3. The van der Waals surface area contributed by atoms with Crippen molar-refractivity contribution in [3.05, 3.63) is 69.9 Å². The van der Waals surface area contributed by atoms with E-state index in [9.17, 15) is 22.8 Å². The van der Waals surface area contributed by atoms with Crippen molar-refractivity contribution < 1.29 is 27.8 Å². The molecule has 3 aromatic rings. The van der Waals surface area contributed by atoms with E-state index in [1.807, 2.05) is 19.1 Å². The summed E-state index contributed by atoms with van der Waals surface area (Å²) in [5.74, 6) is 0.655. The number of amides is 1. The first-order valence-corrected chi connectivity index (χ1v) is 11.3. The number of primary amides is 1. The molecule has 0 bridgehead atoms. The zero-order valence-electron chi connectivity index (χ0n) is 20.0. The third-order valence-corrected chi connectivity index (χ3v) is 5.38. The summed E-state index contributed by atoms with van der Waals surface area (Å²) in [6.07, 6.45) is -2.16. The number of aromatic amines is 1. The Bertz CT molecular complexity index is 1280. The van der Waals surface area contributed by atoms with E-state index in [0.717, 1.165) is 61.0 Å². The fourth-order valence-electron chi connectivity index (χ4n) is 3.53. The van der Waals surface area contributed by atoms with Gasteiger partial charge < -0.3 is 30.8 Å². The highest BCUT2D eigenvalue weighted by Crippen LogP contribution is 2.29. The molecule has 0 aliphatic carbocycles. The molecule has 0 radical (unpaired) electrons. The number of hydrogen-bond donors (Lipinski definition) is 4. The van der Waals surface area contributed by atoms with Crippen molar-refractivity contribution in [1.82, 2.24) is 15.0 Å². The quantitative estimate of drug-likeness (QED) is 0.387. The molecule has 1 amide bonds. The molecule has 0 spiro atoms. The second-order valence-electron chi connectivity index (χ2n) is 7.98. The number of morpholine rings is 1. The summed E-state index contributed by atoms with van der Waals surface area (Å²) in [5, 5.41) is 12.2. The van der Waals surface area contributed by atoms with Crippen LogP contribution in [0.2, 0.25) is 0 Å². The largest absolute Gasteiger partial charge is 0.421 e. The zero-order chi connectivity index (χ0) is 27.0. The molecule has 10 nitrogen and oxygen atoms in total. The number of aromatic nitrogens is 3. The minimum Gasteiger partial charge on any atom is -0.395 e. The maximum Gasteiger partial charge on any atom is 0.421 e. The highest BCUT2D eigenvalue weighted by atomic mass is 19.4. The average Bonchev–Trinajstić information content (AvgIpc) is 2.88. The first-order chi connectivity index (χ1) is 17.6. The summed E-state index contributed by atoms with van der Waals surface area (Å²) in [6, 6.07) is 8.53. The summed E-state index contributed by atoms with van der Waals surface area (Å²) in [4.78, 5) is 34.3. The lowest BCUT2D eigenvalue weighted by atomic mass is 10.1. The number of aliphatic hydroxyl groups is 1. The molecule has 0 aromatic carbocycles. The van der Waals surface area contributed by atoms with Gasteiger partial charge in [0, 0.05) is 43.3 Å². The van der Waals surface area contributed by atoms with E-state index >= 15 is 0 Å². The van der Waals surface area contributed by atoms with E-state index in [2.05, 4.69) is 32.3 Å². The number of hydrogen-bond acceptors (Lipinski definition) is 8. The Labute approximate surface area is 210 Å². The van der Waals surface area contributed by atoms with Crippen molar-refractivity contribution in [2.24, 2.45) is 5.73 Å². The minimum atomic E-state index is -4.79. The number of halogens is 3. The number of H-pyrrole nitrogens is 1. The topological polar surface area (TPSA) is 146 Å². The predicted molar refractivity (Wildman–Crippen MR) is 131 cm³/mol.